The number of nitrogens with two attached hydrogens (primary N) is 1. The summed E-state index contributed by atoms with van der Waals surface area (Å²) in [4.78, 5) is 10.9. The van der Waals surface area contributed by atoms with Gasteiger partial charge < -0.3 is 10.6 Å². The summed E-state index contributed by atoms with van der Waals surface area (Å²) in [6, 6.07) is 0.639. The molecule has 0 saturated heterocycles. The lowest BCUT2D eigenvalue weighted by Crippen LogP contribution is -2.35. The number of thiazole rings is 1. The van der Waals surface area contributed by atoms with Crippen molar-refractivity contribution in [1.82, 2.24) is 9.88 Å². The van der Waals surface area contributed by atoms with Gasteiger partial charge in [-0.3, -0.25) is 4.99 Å². The van der Waals surface area contributed by atoms with Crippen LogP contribution in [0, 0.1) is 6.92 Å². The van der Waals surface area contributed by atoms with E-state index in [2.05, 4.69) is 20.3 Å². The standard InChI is InChI=1S/C12H20N4S/c1-9-8-17-11(15-9)4-3-7-14-12(13)16(2)10-5-6-10/h8,10H,3-7H2,1-2H3,(H2,13,14). The van der Waals surface area contributed by atoms with Crippen molar-refractivity contribution < 1.29 is 0 Å². The molecule has 94 valence electrons. The van der Waals surface area contributed by atoms with Crippen LogP contribution in [0.15, 0.2) is 10.4 Å². The van der Waals surface area contributed by atoms with E-state index >= 15 is 0 Å². The number of rotatable bonds is 5. The third-order valence-corrected chi connectivity index (χ3v) is 3.97. The second-order valence-corrected chi connectivity index (χ2v) is 5.51. The van der Waals surface area contributed by atoms with Gasteiger partial charge in [0.15, 0.2) is 5.96 Å². The molecule has 0 bridgehead atoms. The van der Waals surface area contributed by atoms with E-state index in [4.69, 9.17) is 5.73 Å². The molecule has 0 amide bonds. The molecule has 0 aliphatic heterocycles. The highest BCUT2D eigenvalue weighted by atomic mass is 32.1. The number of aryl methyl sites for hydroxylation is 2. The van der Waals surface area contributed by atoms with Gasteiger partial charge in [-0.05, 0) is 26.2 Å². The molecular weight excluding hydrogens is 232 g/mol. The highest BCUT2D eigenvalue weighted by Gasteiger charge is 2.27. The summed E-state index contributed by atoms with van der Waals surface area (Å²) in [6.07, 6.45) is 4.53. The number of aromatic nitrogens is 1. The van der Waals surface area contributed by atoms with Crippen LogP contribution in [0.1, 0.15) is 30.0 Å². The Labute approximate surface area is 107 Å². The maximum Gasteiger partial charge on any atom is 0.191 e. The first-order chi connectivity index (χ1) is 8.16. The fraction of sp³-hybridized carbons (Fsp3) is 0.667. The molecule has 0 unspecified atom stereocenters. The Hall–Kier alpha value is -1.10. The van der Waals surface area contributed by atoms with Crippen LogP contribution in [0.2, 0.25) is 0 Å². The number of nitrogens with zero attached hydrogens (tertiary/aromatic N) is 3. The Balaban J connectivity index is 1.69. The molecule has 5 heteroatoms. The minimum atomic E-state index is 0.639. The summed E-state index contributed by atoms with van der Waals surface area (Å²) in [5.74, 6) is 0.683. The van der Waals surface area contributed by atoms with Crippen molar-refractivity contribution in [1.29, 1.82) is 0 Å². The van der Waals surface area contributed by atoms with E-state index in [1.54, 1.807) is 11.3 Å². The molecule has 2 rings (SSSR count). The summed E-state index contributed by atoms with van der Waals surface area (Å²) in [5.41, 5.74) is 7.02. The Kier molecular flexibility index (Phi) is 3.99. The van der Waals surface area contributed by atoms with E-state index in [0.29, 0.717) is 12.0 Å². The van der Waals surface area contributed by atoms with Crippen molar-refractivity contribution in [3.63, 3.8) is 0 Å². The number of hydrogen-bond donors (Lipinski definition) is 1. The molecule has 0 aromatic carbocycles. The van der Waals surface area contributed by atoms with E-state index in [9.17, 15) is 0 Å². The molecule has 0 atom stereocenters. The van der Waals surface area contributed by atoms with Gasteiger partial charge in [0.1, 0.15) is 0 Å². The fourth-order valence-electron chi connectivity index (χ4n) is 1.70. The van der Waals surface area contributed by atoms with Crippen molar-refractivity contribution in [2.24, 2.45) is 10.7 Å². The van der Waals surface area contributed by atoms with Gasteiger partial charge in [-0.15, -0.1) is 11.3 Å². The molecule has 2 N–H and O–H groups in total. The lowest BCUT2D eigenvalue weighted by Gasteiger charge is -2.16. The second-order valence-electron chi connectivity index (χ2n) is 4.57. The van der Waals surface area contributed by atoms with Crippen LogP contribution in [0.5, 0.6) is 0 Å². The van der Waals surface area contributed by atoms with E-state index in [1.807, 2.05) is 14.0 Å². The minimum Gasteiger partial charge on any atom is -0.370 e. The normalized spacial score (nSPS) is 16.2. The summed E-state index contributed by atoms with van der Waals surface area (Å²) in [7, 11) is 2.03. The molecule has 0 radical (unpaired) electrons. The van der Waals surface area contributed by atoms with Crippen LogP contribution >= 0.6 is 11.3 Å². The third-order valence-electron chi connectivity index (χ3n) is 2.95. The first kappa shape index (κ1) is 12.4. The fourth-order valence-corrected chi connectivity index (χ4v) is 2.52. The van der Waals surface area contributed by atoms with Crippen molar-refractivity contribution in [3.05, 3.63) is 16.1 Å². The topological polar surface area (TPSA) is 54.5 Å². The van der Waals surface area contributed by atoms with Crippen LogP contribution < -0.4 is 5.73 Å². The Morgan fingerprint density at radius 1 is 1.65 bits per heavy atom. The summed E-state index contributed by atoms with van der Waals surface area (Å²) in [5, 5.41) is 3.29. The van der Waals surface area contributed by atoms with Gasteiger partial charge in [-0.1, -0.05) is 0 Å². The van der Waals surface area contributed by atoms with Crippen molar-refractivity contribution in [3.8, 4) is 0 Å². The first-order valence-electron chi connectivity index (χ1n) is 6.10. The Bertz CT molecular complexity index is 395. The van der Waals surface area contributed by atoms with E-state index in [0.717, 1.165) is 25.1 Å². The predicted octanol–water partition coefficient (Wildman–Crippen LogP) is 1.79. The lowest BCUT2D eigenvalue weighted by molar-refractivity contribution is 0.487. The van der Waals surface area contributed by atoms with Gasteiger partial charge in [0.25, 0.3) is 0 Å². The Morgan fingerprint density at radius 3 is 3.00 bits per heavy atom. The third kappa shape index (κ3) is 3.70. The molecule has 0 spiro atoms. The quantitative estimate of drug-likeness (QED) is 0.494. The monoisotopic (exact) mass is 252 g/mol. The molecule has 1 aromatic heterocycles. The van der Waals surface area contributed by atoms with Crippen LogP contribution in [0.4, 0.5) is 0 Å². The van der Waals surface area contributed by atoms with Gasteiger partial charge in [0.05, 0.1) is 5.01 Å². The zero-order valence-electron chi connectivity index (χ0n) is 10.5. The first-order valence-corrected chi connectivity index (χ1v) is 6.98. The molecule has 4 nitrogen and oxygen atoms in total. The smallest absolute Gasteiger partial charge is 0.191 e. The largest absolute Gasteiger partial charge is 0.370 e. The van der Waals surface area contributed by atoms with E-state index < -0.39 is 0 Å². The van der Waals surface area contributed by atoms with Gasteiger partial charge in [-0.2, -0.15) is 0 Å². The van der Waals surface area contributed by atoms with Crippen LogP contribution in [-0.2, 0) is 6.42 Å². The predicted molar refractivity (Wildman–Crippen MR) is 72.4 cm³/mol. The number of guanidine groups is 1. The van der Waals surface area contributed by atoms with Crippen molar-refractivity contribution >= 4 is 17.3 Å². The zero-order valence-corrected chi connectivity index (χ0v) is 11.3. The highest BCUT2D eigenvalue weighted by molar-refractivity contribution is 7.09. The molecule has 1 saturated carbocycles. The maximum absolute atomic E-state index is 5.90. The zero-order chi connectivity index (χ0) is 12.3. The summed E-state index contributed by atoms with van der Waals surface area (Å²) >= 11 is 1.73. The molecule has 1 aliphatic rings. The van der Waals surface area contributed by atoms with Gasteiger partial charge in [0.2, 0.25) is 0 Å². The average molecular weight is 252 g/mol. The van der Waals surface area contributed by atoms with E-state index in [1.165, 1.54) is 17.8 Å². The van der Waals surface area contributed by atoms with E-state index in [-0.39, 0.29) is 0 Å². The molecule has 1 heterocycles. The van der Waals surface area contributed by atoms with Crippen molar-refractivity contribution in [2.45, 2.75) is 38.6 Å². The molecule has 1 fully saturated rings. The molecular formula is C12H20N4S. The highest BCUT2D eigenvalue weighted by Crippen LogP contribution is 2.24. The summed E-state index contributed by atoms with van der Waals surface area (Å²) in [6.45, 7) is 2.82. The average Bonchev–Trinajstić information content (AvgIpc) is 3.07. The maximum atomic E-state index is 5.90. The second kappa shape index (κ2) is 5.49. The number of hydrogen-bond acceptors (Lipinski definition) is 3. The molecule has 1 aromatic rings. The van der Waals surface area contributed by atoms with Crippen LogP contribution in [0.3, 0.4) is 0 Å². The SMILES string of the molecule is Cc1csc(CCCN=C(N)N(C)C2CC2)n1. The van der Waals surface area contributed by atoms with Crippen LogP contribution in [0.25, 0.3) is 0 Å². The minimum absolute atomic E-state index is 0.639. The van der Waals surface area contributed by atoms with Gasteiger partial charge in [-0.25, -0.2) is 4.98 Å². The van der Waals surface area contributed by atoms with Crippen LogP contribution in [-0.4, -0.2) is 35.5 Å². The van der Waals surface area contributed by atoms with Crippen molar-refractivity contribution in [2.75, 3.05) is 13.6 Å². The Morgan fingerprint density at radius 2 is 2.41 bits per heavy atom. The number of aliphatic imine (C=N–C) groups is 1. The van der Waals surface area contributed by atoms with Gasteiger partial charge >= 0.3 is 0 Å². The molecule has 1 aliphatic carbocycles. The lowest BCUT2D eigenvalue weighted by atomic mass is 10.3. The van der Waals surface area contributed by atoms with Gasteiger partial charge in [0, 0.05) is 37.1 Å². The summed E-state index contributed by atoms with van der Waals surface area (Å²) < 4.78 is 0. The molecule has 17 heavy (non-hydrogen) atoms.